The number of ether oxygens (including phenoxy) is 1. The van der Waals surface area contributed by atoms with Crippen molar-refractivity contribution in [3.63, 3.8) is 0 Å². The predicted octanol–water partition coefficient (Wildman–Crippen LogP) is 6.21. The third kappa shape index (κ3) is 8.02. The van der Waals surface area contributed by atoms with Gasteiger partial charge in [-0.25, -0.2) is 0 Å². The number of piperazine rings is 1. The lowest BCUT2D eigenvalue weighted by Gasteiger charge is -2.63. The molecule has 0 unspecified atom stereocenters. The van der Waals surface area contributed by atoms with E-state index in [0.717, 1.165) is 31.6 Å². The Balaban J connectivity index is 1.10. The zero-order chi connectivity index (χ0) is 37.3. The summed E-state index contributed by atoms with van der Waals surface area (Å²) in [6.07, 6.45) is 2.99. The number of benzene rings is 2. The number of amides is 3. The smallest absolute Gasteiger partial charge is 0.264 e. The summed E-state index contributed by atoms with van der Waals surface area (Å²) in [5.74, 6) is 0.241. The highest BCUT2D eigenvalue weighted by Gasteiger charge is 2.64. The standard InChI is InChI=1S/C40H49ClN6O4/c1-38(2,3)23-29(25-43)35(50)47-20-18-46(19-21-47)34(49)27-14-16-45(17-15-27)30-11-8-26(9-12-30)33(48)44-36-39(4,5)37(40(36,6)7)51-31-13-10-28(24-42)32(41)22-31/h8-13,22-23,27,36-37H,14-21H2,1-7H3,(H,44,48)/b29-23+. The number of anilines is 1. The second kappa shape index (κ2) is 14.6. The predicted molar refractivity (Wildman–Crippen MR) is 197 cm³/mol. The number of hydrogen-bond acceptors (Lipinski definition) is 7. The molecule has 2 aromatic carbocycles. The average molecular weight is 713 g/mol. The molecule has 2 heterocycles. The van der Waals surface area contributed by atoms with Crippen molar-refractivity contribution >= 4 is 35.0 Å². The molecular formula is C40H49ClN6O4. The summed E-state index contributed by atoms with van der Waals surface area (Å²) in [5, 5.41) is 22.3. The first-order valence-electron chi connectivity index (χ1n) is 17.7. The van der Waals surface area contributed by atoms with Crippen LogP contribution in [0.15, 0.2) is 54.1 Å². The van der Waals surface area contributed by atoms with Crippen LogP contribution < -0.4 is 15.0 Å². The largest absolute Gasteiger partial charge is 0.489 e. The third-order valence-corrected chi connectivity index (χ3v) is 10.9. The highest BCUT2D eigenvalue weighted by molar-refractivity contribution is 6.31. The van der Waals surface area contributed by atoms with Crippen LogP contribution in [0.5, 0.6) is 5.75 Å². The number of hydrogen-bond donors (Lipinski definition) is 1. The van der Waals surface area contributed by atoms with Gasteiger partial charge in [-0.2, -0.15) is 10.5 Å². The van der Waals surface area contributed by atoms with Gasteiger partial charge in [-0.05, 0) is 54.7 Å². The highest BCUT2D eigenvalue weighted by atomic mass is 35.5. The van der Waals surface area contributed by atoms with E-state index in [4.69, 9.17) is 16.3 Å². The van der Waals surface area contributed by atoms with E-state index in [0.29, 0.717) is 48.1 Å². The molecule has 2 saturated heterocycles. The van der Waals surface area contributed by atoms with Crippen LogP contribution >= 0.6 is 11.6 Å². The Morgan fingerprint density at radius 3 is 2.02 bits per heavy atom. The number of nitriles is 2. The summed E-state index contributed by atoms with van der Waals surface area (Å²) in [4.78, 5) is 45.5. The number of rotatable bonds is 7. The molecule has 1 saturated carbocycles. The average Bonchev–Trinajstić information content (AvgIpc) is 3.10. The van der Waals surface area contributed by atoms with E-state index in [1.165, 1.54) is 0 Å². The molecule has 0 radical (unpaired) electrons. The van der Waals surface area contributed by atoms with Crippen molar-refractivity contribution in [2.45, 2.75) is 73.5 Å². The molecule has 0 atom stereocenters. The van der Waals surface area contributed by atoms with Gasteiger partial charge in [0.25, 0.3) is 11.8 Å². The van der Waals surface area contributed by atoms with Gasteiger partial charge in [-0.15, -0.1) is 0 Å². The first kappa shape index (κ1) is 37.7. The molecule has 2 aliphatic heterocycles. The summed E-state index contributed by atoms with van der Waals surface area (Å²) >= 11 is 6.23. The van der Waals surface area contributed by atoms with Gasteiger partial charge in [0.2, 0.25) is 5.91 Å². The second-order valence-corrected chi connectivity index (χ2v) is 16.7. The molecule has 10 nitrogen and oxygen atoms in total. The Morgan fingerprint density at radius 1 is 0.902 bits per heavy atom. The molecule has 5 rings (SSSR count). The summed E-state index contributed by atoms with van der Waals surface area (Å²) in [5.41, 5.74) is 1.13. The fraction of sp³-hybridized carbons (Fsp3) is 0.525. The second-order valence-electron chi connectivity index (χ2n) is 16.3. The Morgan fingerprint density at radius 2 is 1.49 bits per heavy atom. The number of carbonyl (C=O) groups is 3. The molecule has 0 aromatic heterocycles. The molecule has 0 bridgehead atoms. The maximum atomic E-state index is 13.4. The SMILES string of the molecule is CC(C)(C)/C=C(\C#N)C(=O)N1CCN(C(=O)C2CCN(c3ccc(C(=O)NC4C(C)(C)C(Oc5ccc(C#N)c(Cl)c5)C4(C)C)cc3)CC2)CC1. The van der Waals surface area contributed by atoms with Gasteiger partial charge < -0.3 is 24.8 Å². The molecule has 1 N–H and O–H groups in total. The molecule has 2 aromatic rings. The zero-order valence-corrected chi connectivity index (χ0v) is 31.5. The maximum Gasteiger partial charge on any atom is 0.264 e. The van der Waals surface area contributed by atoms with Crippen LogP contribution in [0.4, 0.5) is 5.69 Å². The topological polar surface area (TPSA) is 130 Å². The summed E-state index contributed by atoms with van der Waals surface area (Å²) in [6, 6.07) is 16.7. The number of piperidine rings is 1. The maximum absolute atomic E-state index is 13.4. The van der Waals surface area contributed by atoms with Crippen LogP contribution in [0.3, 0.4) is 0 Å². The van der Waals surface area contributed by atoms with E-state index in [9.17, 15) is 24.9 Å². The lowest BCUT2D eigenvalue weighted by Crippen LogP contribution is -2.74. The van der Waals surface area contributed by atoms with Crippen LogP contribution in [0.1, 0.15) is 77.2 Å². The lowest BCUT2D eigenvalue weighted by molar-refractivity contribution is -0.164. The summed E-state index contributed by atoms with van der Waals surface area (Å²) in [6.45, 7) is 17.4. The van der Waals surface area contributed by atoms with E-state index < -0.39 is 0 Å². The third-order valence-electron chi connectivity index (χ3n) is 10.6. The van der Waals surface area contributed by atoms with Crippen molar-refractivity contribution in [1.82, 2.24) is 15.1 Å². The number of nitrogens with one attached hydrogen (secondary N) is 1. The van der Waals surface area contributed by atoms with Gasteiger partial charge in [0.1, 0.15) is 29.6 Å². The fourth-order valence-corrected chi connectivity index (χ4v) is 8.36. The van der Waals surface area contributed by atoms with Gasteiger partial charge in [0.15, 0.2) is 0 Å². The minimum atomic E-state index is -0.364. The molecule has 11 heteroatoms. The van der Waals surface area contributed by atoms with E-state index in [-0.39, 0.29) is 57.6 Å². The number of carbonyl (C=O) groups excluding carboxylic acids is 3. The Hall–Kier alpha value is -4.54. The minimum absolute atomic E-state index is 0.0695. The minimum Gasteiger partial charge on any atom is -0.489 e. The molecule has 51 heavy (non-hydrogen) atoms. The molecule has 3 aliphatic rings. The van der Waals surface area contributed by atoms with Crippen molar-refractivity contribution < 1.29 is 19.1 Å². The first-order chi connectivity index (χ1) is 24.0. The van der Waals surface area contributed by atoms with E-state index in [1.54, 1.807) is 29.2 Å². The van der Waals surface area contributed by atoms with Gasteiger partial charge in [0.05, 0.1) is 10.6 Å². The van der Waals surface area contributed by atoms with Crippen molar-refractivity contribution in [3.8, 4) is 17.9 Å². The molecular weight excluding hydrogens is 664 g/mol. The Bertz CT molecular complexity index is 1750. The van der Waals surface area contributed by atoms with Crippen molar-refractivity contribution in [2.75, 3.05) is 44.2 Å². The number of allylic oxidation sites excluding steroid dienone is 1. The van der Waals surface area contributed by atoms with Gasteiger partial charge in [0, 0.05) is 79.4 Å². The number of halogens is 1. The van der Waals surface area contributed by atoms with Crippen LogP contribution in [0, 0.1) is 44.8 Å². The summed E-state index contributed by atoms with van der Waals surface area (Å²) in [7, 11) is 0. The van der Waals surface area contributed by atoms with Crippen molar-refractivity contribution in [1.29, 1.82) is 10.5 Å². The monoisotopic (exact) mass is 712 g/mol. The quantitative estimate of drug-likeness (QED) is 0.267. The van der Waals surface area contributed by atoms with E-state index in [2.05, 4.69) is 44.0 Å². The molecule has 270 valence electrons. The van der Waals surface area contributed by atoms with Crippen LogP contribution in [-0.2, 0) is 9.59 Å². The van der Waals surface area contributed by atoms with Crippen LogP contribution in [-0.4, -0.2) is 78.9 Å². The molecule has 1 aliphatic carbocycles. The van der Waals surface area contributed by atoms with E-state index in [1.807, 2.05) is 56.0 Å². The number of nitrogens with zero attached hydrogens (tertiary/aromatic N) is 5. The normalized spacial score (nSPS) is 21.9. The fourth-order valence-electron chi connectivity index (χ4n) is 8.15. The van der Waals surface area contributed by atoms with Gasteiger partial charge in [-0.1, -0.05) is 66.1 Å². The zero-order valence-electron chi connectivity index (χ0n) is 30.8. The Labute approximate surface area is 307 Å². The molecule has 3 amide bonds. The summed E-state index contributed by atoms with van der Waals surface area (Å²) < 4.78 is 6.36. The van der Waals surface area contributed by atoms with E-state index >= 15 is 0 Å². The van der Waals surface area contributed by atoms with Crippen LogP contribution in [0.25, 0.3) is 0 Å². The highest BCUT2D eigenvalue weighted by Crippen LogP contribution is 2.55. The van der Waals surface area contributed by atoms with Crippen LogP contribution in [0.2, 0.25) is 5.02 Å². The molecule has 0 spiro atoms. The van der Waals surface area contributed by atoms with Crippen molar-refractivity contribution in [2.24, 2.45) is 22.2 Å². The Kier molecular flexibility index (Phi) is 10.8. The van der Waals surface area contributed by atoms with Gasteiger partial charge in [-0.3, -0.25) is 14.4 Å². The van der Waals surface area contributed by atoms with Gasteiger partial charge >= 0.3 is 0 Å². The molecule has 3 fully saturated rings. The van der Waals surface area contributed by atoms with Crippen molar-refractivity contribution in [3.05, 3.63) is 70.3 Å². The lowest BCUT2D eigenvalue weighted by atomic mass is 9.49. The first-order valence-corrected chi connectivity index (χ1v) is 18.1.